The van der Waals surface area contributed by atoms with Crippen molar-refractivity contribution in [3.05, 3.63) is 46.6 Å². The molecule has 1 fully saturated rings. The van der Waals surface area contributed by atoms with Gasteiger partial charge in [-0.25, -0.2) is 4.98 Å². The highest BCUT2D eigenvalue weighted by Crippen LogP contribution is 2.22. The van der Waals surface area contributed by atoms with Crippen molar-refractivity contribution < 1.29 is 0 Å². The first-order valence-electron chi connectivity index (χ1n) is 8.29. The van der Waals surface area contributed by atoms with Gasteiger partial charge in [0.2, 0.25) is 5.95 Å². The molecule has 0 atom stereocenters. The molecule has 0 amide bonds. The van der Waals surface area contributed by atoms with Gasteiger partial charge in [-0.15, -0.1) is 0 Å². The van der Waals surface area contributed by atoms with Crippen LogP contribution in [-0.2, 0) is 6.42 Å². The Kier molecular flexibility index (Phi) is 5.34. The van der Waals surface area contributed by atoms with E-state index >= 15 is 0 Å². The third-order valence-electron chi connectivity index (χ3n) is 4.17. The highest BCUT2D eigenvalue weighted by molar-refractivity contribution is 6.30. The number of aryl methyl sites for hydroxylation is 1. The zero-order valence-corrected chi connectivity index (χ0v) is 14.2. The van der Waals surface area contributed by atoms with E-state index in [4.69, 9.17) is 11.6 Å². The van der Waals surface area contributed by atoms with Crippen molar-refractivity contribution >= 4 is 23.4 Å². The summed E-state index contributed by atoms with van der Waals surface area (Å²) in [5.41, 5.74) is 2.23. The van der Waals surface area contributed by atoms with Crippen LogP contribution in [0.2, 0.25) is 5.02 Å². The van der Waals surface area contributed by atoms with Gasteiger partial charge in [0.15, 0.2) is 0 Å². The topological polar surface area (TPSA) is 49.8 Å². The fraction of sp³-hybridized carbons (Fsp3) is 0.444. The molecule has 1 heterocycles. The Hall–Kier alpha value is -1.81. The first kappa shape index (κ1) is 16.1. The van der Waals surface area contributed by atoms with Crippen molar-refractivity contribution in [2.45, 2.75) is 45.1 Å². The molecule has 0 spiro atoms. The number of halogens is 1. The average Bonchev–Trinajstić information content (AvgIpc) is 3.02. The van der Waals surface area contributed by atoms with Crippen molar-refractivity contribution in [2.24, 2.45) is 0 Å². The molecule has 1 aliphatic carbocycles. The van der Waals surface area contributed by atoms with E-state index in [9.17, 15) is 0 Å². The predicted octanol–water partition coefficient (Wildman–Crippen LogP) is 4.45. The van der Waals surface area contributed by atoms with E-state index in [-0.39, 0.29) is 0 Å². The number of hydrogen-bond acceptors (Lipinski definition) is 4. The molecule has 1 aromatic heterocycles. The first-order chi connectivity index (χ1) is 11.2. The van der Waals surface area contributed by atoms with Gasteiger partial charge in [-0.05, 0) is 43.9 Å². The molecule has 0 saturated heterocycles. The molecule has 122 valence electrons. The number of nitrogens with zero attached hydrogens (tertiary/aromatic N) is 2. The summed E-state index contributed by atoms with van der Waals surface area (Å²) in [6, 6.07) is 10.5. The van der Waals surface area contributed by atoms with Crippen molar-refractivity contribution in [3.63, 3.8) is 0 Å². The summed E-state index contributed by atoms with van der Waals surface area (Å²) in [7, 11) is 0. The van der Waals surface area contributed by atoms with Crippen molar-refractivity contribution in [2.75, 3.05) is 17.2 Å². The second kappa shape index (κ2) is 7.64. The molecule has 2 aromatic rings. The Balaban J connectivity index is 1.56. The summed E-state index contributed by atoms with van der Waals surface area (Å²) in [6.07, 6.45) is 6.02. The number of aromatic nitrogens is 2. The summed E-state index contributed by atoms with van der Waals surface area (Å²) >= 11 is 5.90. The van der Waals surface area contributed by atoms with Crippen LogP contribution in [0.25, 0.3) is 0 Å². The first-order valence-corrected chi connectivity index (χ1v) is 8.67. The van der Waals surface area contributed by atoms with E-state index in [0.717, 1.165) is 29.5 Å². The number of rotatable bonds is 6. The van der Waals surface area contributed by atoms with E-state index in [1.165, 1.54) is 31.2 Å². The largest absolute Gasteiger partial charge is 0.367 e. The zero-order chi connectivity index (χ0) is 16.1. The van der Waals surface area contributed by atoms with Crippen LogP contribution in [0.15, 0.2) is 30.3 Å². The molecule has 0 bridgehead atoms. The van der Waals surface area contributed by atoms with Crippen LogP contribution < -0.4 is 10.6 Å². The lowest BCUT2D eigenvalue weighted by Gasteiger charge is -2.14. The van der Waals surface area contributed by atoms with Gasteiger partial charge in [0.1, 0.15) is 5.82 Å². The molecule has 1 aliphatic rings. The van der Waals surface area contributed by atoms with E-state index in [0.29, 0.717) is 12.0 Å². The maximum Gasteiger partial charge on any atom is 0.224 e. The summed E-state index contributed by atoms with van der Waals surface area (Å²) in [5, 5.41) is 7.62. The molecule has 0 unspecified atom stereocenters. The van der Waals surface area contributed by atoms with Gasteiger partial charge in [0.05, 0.1) is 0 Å². The van der Waals surface area contributed by atoms with E-state index in [1.807, 2.05) is 37.3 Å². The number of benzene rings is 1. The minimum Gasteiger partial charge on any atom is -0.367 e. The number of nitrogens with one attached hydrogen (secondary N) is 2. The third-order valence-corrected chi connectivity index (χ3v) is 4.42. The Morgan fingerprint density at radius 2 is 1.87 bits per heavy atom. The highest BCUT2D eigenvalue weighted by atomic mass is 35.5. The molecular weight excluding hydrogens is 308 g/mol. The Morgan fingerprint density at radius 3 is 2.61 bits per heavy atom. The van der Waals surface area contributed by atoms with Gasteiger partial charge >= 0.3 is 0 Å². The lowest BCUT2D eigenvalue weighted by atomic mass is 10.1. The standard InChI is InChI=1S/C18H23ClN4/c1-13-12-17(22-16-4-2-3-5-16)23-18(21-13)20-11-10-14-6-8-15(19)9-7-14/h6-9,12,16H,2-5,10-11H2,1H3,(H2,20,21,22,23). The zero-order valence-electron chi connectivity index (χ0n) is 13.5. The summed E-state index contributed by atoms with van der Waals surface area (Å²) in [4.78, 5) is 9.06. The molecular formula is C18H23ClN4. The van der Waals surface area contributed by atoms with Crippen LogP contribution in [0, 0.1) is 6.92 Å². The SMILES string of the molecule is Cc1cc(NC2CCCC2)nc(NCCc2ccc(Cl)cc2)n1. The maximum atomic E-state index is 5.90. The van der Waals surface area contributed by atoms with Crippen molar-refractivity contribution in [1.29, 1.82) is 0 Å². The Labute approximate surface area is 142 Å². The smallest absolute Gasteiger partial charge is 0.224 e. The minimum absolute atomic E-state index is 0.561. The van der Waals surface area contributed by atoms with Crippen molar-refractivity contribution in [1.82, 2.24) is 9.97 Å². The van der Waals surface area contributed by atoms with Gasteiger partial charge < -0.3 is 10.6 Å². The van der Waals surface area contributed by atoms with Crippen LogP contribution in [0.1, 0.15) is 36.9 Å². The van der Waals surface area contributed by atoms with Gasteiger partial charge in [0, 0.05) is 29.4 Å². The van der Waals surface area contributed by atoms with Crippen molar-refractivity contribution in [3.8, 4) is 0 Å². The van der Waals surface area contributed by atoms with Crippen LogP contribution in [0.4, 0.5) is 11.8 Å². The molecule has 0 radical (unpaired) electrons. The minimum atomic E-state index is 0.561. The highest BCUT2D eigenvalue weighted by Gasteiger charge is 2.15. The second-order valence-electron chi connectivity index (χ2n) is 6.15. The lowest BCUT2D eigenvalue weighted by Crippen LogP contribution is -2.17. The molecule has 1 aromatic carbocycles. The Morgan fingerprint density at radius 1 is 1.13 bits per heavy atom. The summed E-state index contributed by atoms with van der Waals surface area (Å²) < 4.78 is 0. The lowest BCUT2D eigenvalue weighted by molar-refractivity contribution is 0.749. The summed E-state index contributed by atoms with van der Waals surface area (Å²) in [6.45, 7) is 2.81. The molecule has 5 heteroatoms. The van der Waals surface area contributed by atoms with Crippen LogP contribution in [0.3, 0.4) is 0 Å². The van der Waals surface area contributed by atoms with Crippen LogP contribution >= 0.6 is 11.6 Å². The van der Waals surface area contributed by atoms with Gasteiger partial charge in [-0.3, -0.25) is 0 Å². The van der Waals surface area contributed by atoms with E-state index in [1.54, 1.807) is 0 Å². The van der Waals surface area contributed by atoms with E-state index in [2.05, 4.69) is 20.6 Å². The normalized spacial score (nSPS) is 14.9. The van der Waals surface area contributed by atoms with Gasteiger partial charge in [-0.1, -0.05) is 36.6 Å². The summed E-state index contributed by atoms with van der Waals surface area (Å²) in [5.74, 6) is 1.62. The third kappa shape index (κ3) is 4.83. The van der Waals surface area contributed by atoms with Crippen LogP contribution in [0.5, 0.6) is 0 Å². The molecule has 4 nitrogen and oxygen atoms in total. The monoisotopic (exact) mass is 330 g/mol. The number of hydrogen-bond donors (Lipinski definition) is 2. The predicted molar refractivity (Wildman–Crippen MR) is 96.3 cm³/mol. The second-order valence-corrected chi connectivity index (χ2v) is 6.58. The van der Waals surface area contributed by atoms with Gasteiger partial charge in [-0.2, -0.15) is 4.98 Å². The molecule has 23 heavy (non-hydrogen) atoms. The molecule has 0 aliphatic heterocycles. The number of anilines is 2. The fourth-order valence-corrected chi connectivity index (χ4v) is 3.10. The van der Waals surface area contributed by atoms with Gasteiger partial charge in [0.25, 0.3) is 0 Å². The maximum absolute atomic E-state index is 5.90. The van der Waals surface area contributed by atoms with Crippen LogP contribution in [-0.4, -0.2) is 22.6 Å². The molecule has 1 saturated carbocycles. The fourth-order valence-electron chi connectivity index (χ4n) is 2.97. The molecule has 3 rings (SSSR count). The molecule has 2 N–H and O–H groups in total. The average molecular weight is 331 g/mol. The van der Waals surface area contributed by atoms with E-state index < -0.39 is 0 Å². The quantitative estimate of drug-likeness (QED) is 0.821. The Bertz CT molecular complexity index is 636.